The molecule has 2 rings (SSSR count). The van der Waals surface area contributed by atoms with E-state index >= 15 is 0 Å². The predicted octanol–water partition coefficient (Wildman–Crippen LogP) is 1.22. The maximum Gasteiger partial charge on any atom is 0.307 e. The zero-order chi connectivity index (χ0) is 11.0. The van der Waals surface area contributed by atoms with E-state index in [0.29, 0.717) is 17.5 Å². The van der Waals surface area contributed by atoms with E-state index < -0.39 is 11.9 Å². The topological polar surface area (TPSA) is 74.6 Å². The Hall–Kier alpha value is -1.84. The fourth-order valence-electron chi connectivity index (χ4n) is 1.87. The van der Waals surface area contributed by atoms with Crippen LogP contribution in [0, 0.1) is 5.92 Å². The summed E-state index contributed by atoms with van der Waals surface area (Å²) in [6.45, 7) is 0. The predicted molar refractivity (Wildman–Crippen MR) is 51.9 cm³/mol. The van der Waals surface area contributed by atoms with Crippen molar-refractivity contribution < 1.29 is 19.8 Å². The zero-order valence-electron chi connectivity index (χ0n) is 7.93. The second kappa shape index (κ2) is 3.38. The number of carboxylic acids is 1. The van der Waals surface area contributed by atoms with Gasteiger partial charge in [0.25, 0.3) is 0 Å². The van der Waals surface area contributed by atoms with Crippen LogP contribution in [-0.2, 0) is 11.2 Å². The molecule has 1 unspecified atom stereocenters. The van der Waals surface area contributed by atoms with Crippen LogP contribution >= 0.6 is 0 Å². The molecule has 0 aliphatic heterocycles. The number of aromatic hydroxyl groups is 1. The number of hydrogen-bond donors (Lipinski definition) is 2. The van der Waals surface area contributed by atoms with E-state index in [-0.39, 0.29) is 18.0 Å². The van der Waals surface area contributed by atoms with Gasteiger partial charge in [-0.05, 0) is 30.2 Å². The number of carbonyl (C=O) groups excluding carboxylic acids is 1. The minimum Gasteiger partial charge on any atom is -0.508 e. The molecule has 0 heterocycles. The van der Waals surface area contributed by atoms with Crippen LogP contribution in [0.1, 0.15) is 22.3 Å². The van der Waals surface area contributed by atoms with Gasteiger partial charge in [-0.1, -0.05) is 0 Å². The summed E-state index contributed by atoms with van der Waals surface area (Å²) < 4.78 is 0. The highest BCUT2D eigenvalue weighted by atomic mass is 16.4. The molecule has 2 N–H and O–H groups in total. The highest BCUT2D eigenvalue weighted by Crippen LogP contribution is 2.28. The van der Waals surface area contributed by atoms with Crippen molar-refractivity contribution in [2.24, 2.45) is 5.92 Å². The van der Waals surface area contributed by atoms with Gasteiger partial charge in [-0.3, -0.25) is 9.59 Å². The number of aliphatic carboxylic acids is 1. The van der Waals surface area contributed by atoms with Crippen molar-refractivity contribution in [2.75, 3.05) is 0 Å². The summed E-state index contributed by atoms with van der Waals surface area (Å²) in [7, 11) is 0. The Morgan fingerprint density at radius 2 is 2.07 bits per heavy atom. The van der Waals surface area contributed by atoms with Gasteiger partial charge in [0.05, 0.1) is 5.92 Å². The number of fused-ring (bicyclic) bond motifs is 1. The second-order valence-electron chi connectivity index (χ2n) is 3.71. The van der Waals surface area contributed by atoms with Gasteiger partial charge in [0.2, 0.25) is 0 Å². The molecule has 4 heteroatoms. The van der Waals surface area contributed by atoms with Gasteiger partial charge < -0.3 is 10.2 Å². The maximum atomic E-state index is 11.6. The number of benzene rings is 1. The molecule has 0 amide bonds. The van der Waals surface area contributed by atoms with Crippen molar-refractivity contribution in [3.05, 3.63) is 29.3 Å². The van der Waals surface area contributed by atoms with Crippen molar-refractivity contribution >= 4 is 11.8 Å². The Bertz CT molecular complexity index is 436. The zero-order valence-corrected chi connectivity index (χ0v) is 7.93. The van der Waals surface area contributed by atoms with Crippen LogP contribution < -0.4 is 0 Å². The summed E-state index contributed by atoms with van der Waals surface area (Å²) in [5, 5.41) is 18.1. The third kappa shape index (κ3) is 1.70. The lowest BCUT2D eigenvalue weighted by Gasteiger charge is -2.20. The summed E-state index contributed by atoms with van der Waals surface area (Å²) in [6.07, 6.45) is 0.359. The van der Waals surface area contributed by atoms with Crippen molar-refractivity contribution in [1.82, 2.24) is 0 Å². The third-order valence-electron chi connectivity index (χ3n) is 2.64. The van der Waals surface area contributed by atoms with Gasteiger partial charge in [0.15, 0.2) is 5.78 Å². The first-order valence-corrected chi connectivity index (χ1v) is 4.66. The number of carboxylic acid groups (broad SMARTS) is 1. The fourth-order valence-corrected chi connectivity index (χ4v) is 1.87. The molecule has 1 aliphatic carbocycles. The van der Waals surface area contributed by atoms with Gasteiger partial charge in [0, 0.05) is 12.0 Å². The monoisotopic (exact) mass is 206 g/mol. The van der Waals surface area contributed by atoms with E-state index in [1.165, 1.54) is 12.1 Å². The highest BCUT2D eigenvalue weighted by Gasteiger charge is 2.29. The molecule has 0 radical (unpaired) electrons. The average molecular weight is 206 g/mol. The van der Waals surface area contributed by atoms with Crippen molar-refractivity contribution in [1.29, 1.82) is 0 Å². The normalized spacial score (nSPS) is 19.7. The number of ketones is 1. The lowest BCUT2D eigenvalue weighted by Crippen LogP contribution is -2.26. The smallest absolute Gasteiger partial charge is 0.307 e. The number of hydrogen-bond acceptors (Lipinski definition) is 3. The molecule has 15 heavy (non-hydrogen) atoms. The van der Waals surface area contributed by atoms with E-state index in [9.17, 15) is 14.7 Å². The fraction of sp³-hybridized carbons (Fsp3) is 0.273. The van der Waals surface area contributed by atoms with Gasteiger partial charge in [-0.15, -0.1) is 0 Å². The molecule has 0 saturated heterocycles. The van der Waals surface area contributed by atoms with Gasteiger partial charge in [-0.25, -0.2) is 0 Å². The summed E-state index contributed by atoms with van der Waals surface area (Å²) in [4.78, 5) is 22.3. The molecule has 0 spiro atoms. The maximum absolute atomic E-state index is 11.6. The van der Waals surface area contributed by atoms with E-state index in [2.05, 4.69) is 0 Å². The molecule has 4 nitrogen and oxygen atoms in total. The van der Waals surface area contributed by atoms with Gasteiger partial charge >= 0.3 is 5.97 Å². The molecule has 0 aromatic heterocycles. The SMILES string of the molecule is O=C1CC(C(=O)O)Cc2cc(O)ccc21. The van der Waals surface area contributed by atoms with Crippen molar-refractivity contribution in [3.63, 3.8) is 0 Å². The summed E-state index contributed by atoms with van der Waals surface area (Å²) in [5.74, 6) is -1.72. The van der Waals surface area contributed by atoms with Crippen LogP contribution in [0.25, 0.3) is 0 Å². The van der Waals surface area contributed by atoms with Crippen LogP contribution in [0.4, 0.5) is 0 Å². The Kier molecular flexibility index (Phi) is 2.19. The molecule has 1 aromatic rings. The van der Waals surface area contributed by atoms with Crippen LogP contribution in [0.15, 0.2) is 18.2 Å². The van der Waals surface area contributed by atoms with Crippen molar-refractivity contribution in [3.8, 4) is 5.75 Å². The number of phenols is 1. The molecule has 0 bridgehead atoms. The molecule has 1 aromatic carbocycles. The number of Topliss-reactive ketones (excluding diaryl/α,β-unsaturated/α-hetero) is 1. The molecule has 1 aliphatic rings. The summed E-state index contributed by atoms with van der Waals surface area (Å²) in [6, 6.07) is 4.45. The molecular weight excluding hydrogens is 196 g/mol. The lowest BCUT2D eigenvalue weighted by atomic mass is 9.83. The van der Waals surface area contributed by atoms with Gasteiger partial charge in [-0.2, -0.15) is 0 Å². The average Bonchev–Trinajstić information content (AvgIpc) is 2.16. The third-order valence-corrected chi connectivity index (χ3v) is 2.64. The summed E-state index contributed by atoms with van der Waals surface area (Å²) >= 11 is 0. The second-order valence-corrected chi connectivity index (χ2v) is 3.71. The Balaban J connectivity index is 2.41. The van der Waals surface area contributed by atoms with E-state index in [1.54, 1.807) is 6.07 Å². The Labute approximate surface area is 86.2 Å². The molecular formula is C11H10O4. The Morgan fingerprint density at radius 3 is 2.73 bits per heavy atom. The first-order valence-electron chi connectivity index (χ1n) is 4.66. The van der Waals surface area contributed by atoms with Crippen molar-refractivity contribution in [2.45, 2.75) is 12.8 Å². The molecule has 0 saturated carbocycles. The van der Waals surface area contributed by atoms with E-state index in [4.69, 9.17) is 5.11 Å². The number of rotatable bonds is 1. The van der Waals surface area contributed by atoms with Crippen LogP contribution in [-0.4, -0.2) is 22.0 Å². The van der Waals surface area contributed by atoms with E-state index in [0.717, 1.165) is 0 Å². The molecule has 1 atom stereocenters. The lowest BCUT2D eigenvalue weighted by molar-refractivity contribution is -0.141. The summed E-state index contributed by atoms with van der Waals surface area (Å²) in [5.41, 5.74) is 1.16. The van der Waals surface area contributed by atoms with E-state index in [1.807, 2.05) is 0 Å². The van der Waals surface area contributed by atoms with Gasteiger partial charge in [0.1, 0.15) is 5.75 Å². The number of carbonyl (C=O) groups is 2. The van der Waals surface area contributed by atoms with Crippen LogP contribution in [0.3, 0.4) is 0 Å². The quantitative estimate of drug-likeness (QED) is 0.724. The standard InChI is InChI=1S/C11H10O4/c12-8-1-2-9-6(4-8)3-7(11(14)15)5-10(9)13/h1-2,4,7,12H,3,5H2,(H,14,15). The largest absolute Gasteiger partial charge is 0.508 e. The highest BCUT2D eigenvalue weighted by molar-refractivity contribution is 6.01. The molecule has 0 fully saturated rings. The van der Waals surface area contributed by atoms with Crippen LogP contribution in [0.2, 0.25) is 0 Å². The first-order chi connectivity index (χ1) is 7.08. The number of phenolic OH excluding ortho intramolecular Hbond substituents is 1. The first kappa shape index (κ1) is 9.71. The molecule has 78 valence electrons. The van der Waals surface area contributed by atoms with Crippen LogP contribution in [0.5, 0.6) is 5.75 Å². The minimum atomic E-state index is -0.961. The Morgan fingerprint density at radius 1 is 1.33 bits per heavy atom. The minimum absolute atomic E-state index is 0.0487.